The summed E-state index contributed by atoms with van der Waals surface area (Å²) in [7, 11) is 4.17. The van der Waals surface area contributed by atoms with E-state index in [0.29, 0.717) is 12.1 Å². The molecular weight excluding hydrogens is 521 g/mol. The van der Waals surface area contributed by atoms with Gasteiger partial charge >= 0.3 is 0 Å². The maximum atomic E-state index is 13.8. The summed E-state index contributed by atoms with van der Waals surface area (Å²) in [5.41, 5.74) is 6.56. The first kappa shape index (κ1) is 30.7. The molecule has 1 unspecified atom stereocenters. The van der Waals surface area contributed by atoms with Gasteiger partial charge in [-0.3, -0.25) is 14.7 Å². The van der Waals surface area contributed by atoms with E-state index in [-0.39, 0.29) is 5.82 Å². The molecule has 2 heterocycles. The minimum absolute atomic E-state index is 0.152. The zero-order chi connectivity index (χ0) is 29.5. The summed E-state index contributed by atoms with van der Waals surface area (Å²) < 4.78 is 13.8. The van der Waals surface area contributed by atoms with Crippen molar-refractivity contribution >= 4 is 5.69 Å². The van der Waals surface area contributed by atoms with E-state index in [1.807, 2.05) is 12.1 Å². The van der Waals surface area contributed by atoms with Crippen LogP contribution in [0.25, 0.3) is 11.1 Å². The molecule has 0 saturated carbocycles. The molecule has 42 heavy (non-hydrogen) atoms. The van der Waals surface area contributed by atoms with Crippen molar-refractivity contribution in [2.24, 2.45) is 0 Å². The first-order valence-corrected chi connectivity index (χ1v) is 15.9. The van der Waals surface area contributed by atoms with Crippen molar-refractivity contribution in [2.75, 3.05) is 84.4 Å². The van der Waals surface area contributed by atoms with Gasteiger partial charge in [0.15, 0.2) is 0 Å². The predicted molar refractivity (Wildman–Crippen MR) is 175 cm³/mol. The molecule has 0 aliphatic carbocycles. The predicted octanol–water partition coefficient (Wildman–Crippen LogP) is 5.88. The van der Waals surface area contributed by atoms with Crippen LogP contribution in [0.1, 0.15) is 37.4 Å². The maximum Gasteiger partial charge on any atom is 0.123 e. The molecule has 226 valence electrons. The number of hydrogen-bond donors (Lipinski definition) is 0. The second kappa shape index (κ2) is 14.6. The van der Waals surface area contributed by atoms with E-state index in [4.69, 9.17) is 0 Å². The lowest BCUT2D eigenvalue weighted by molar-refractivity contribution is 0.0481. The van der Waals surface area contributed by atoms with E-state index in [1.165, 1.54) is 34.4 Å². The van der Waals surface area contributed by atoms with Crippen LogP contribution in [-0.2, 0) is 6.42 Å². The Labute approximate surface area is 253 Å². The zero-order valence-electron chi connectivity index (χ0n) is 26.2. The second-order valence-corrected chi connectivity index (χ2v) is 12.6. The third-order valence-corrected chi connectivity index (χ3v) is 9.30. The molecule has 2 saturated heterocycles. The van der Waals surface area contributed by atoms with Crippen LogP contribution in [0.5, 0.6) is 0 Å². The number of anilines is 1. The molecule has 0 aromatic heterocycles. The summed E-state index contributed by atoms with van der Waals surface area (Å²) in [5.74, 6) is -0.152. The van der Waals surface area contributed by atoms with Crippen molar-refractivity contribution in [3.05, 3.63) is 89.7 Å². The third-order valence-electron chi connectivity index (χ3n) is 9.30. The number of halogens is 1. The summed E-state index contributed by atoms with van der Waals surface area (Å²) in [6, 6.07) is 25.9. The third kappa shape index (κ3) is 7.99. The highest BCUT2D eigenvalue weighted by Gasteiger charge is 2.29. The summed E-state index contributed by atoms with van der Waals surface area (Å²) >= 11 is 0. The molecule has 0 bridgehead atoms. The normalized spacial score (nSPS) is 18.4. The van der Waals surface area contributed by atoms with Gasteiger partial charge in [-0.2, -0.15) is 0 Å². The Kier molecular flexibility index (Phi) is 10.7. The number of rotatable bonds is 11. The van der Waals surface area contributed by atoms with Crippen LogP contribution in [0, 0.1) is 5.82 Å². The van der Waals surface area contributed by atoms with E-state index in [1.54, 1.807) is 12.1 Å². The van der Waals surface area contributed by atoms with Crippen LogP contribution in [0.15, 0.2) is 72.8 Å². The Balaban J connectivity index is 1.13. The Morgan fingerprint density at radius 3 is 1.98 bits per heavy atom. The van der Waals surface area contributed by atoms with Gasteiger partial charge in [-0.1, -0.05) is 48.5 Å². The van der Waals surface area contributed by atoms with Crippen molar-refractivity contribution in [2.45, 2.75) is 38.8 Å². The molecule has 0 spiro atoms. The molecule has 2 aliphatic rings. The fourth-order valence-electron chi connectivity index (χ4n) is 6.57. The number of hydrogen-bond acceptors (Lipinski definition) is 5. The second-order valence-electron chi connectivity index (χ2n) is 12.6. The number of aryl methyl sites for hydroxylation is 1. The molecule has 6 heteroatoms. The standard InChI is InChI=1S/C36H50FN5/c1-29(2)41-24-26-42(27-25-41)36(32-11-15-33(37)16-12-32)28-40-22-20-39(21-23-40)19-7-9-30-8-5-6-10-35(30)31-13-17-34(18-14-31)38(3)4/h5-6,8,10-18,29,36H,7,9,19-28H2,1-4H3. The highest BCUT2D eigenvalue weighted by molar-refractivity contribution is 5.69. The van der Waals surface area contributed by atoms with E-state index >= 15 is 0 Å². The maximum absolute atomic E-state index is 13.8. The van der Waals surface area contributed by atoms with Gasteiger partial charge in [0, 0.05) is 90.8 Å². The van der Waals surface area contributed by atoms with Crippen LogP contribution in [-0.4, -0.2) is 105 Å². The molecular formula is C36H50FN5. The Morgan fingerprint density at radius 1 is 0.714 bits per heavy atom. The monoisotopic (exact) mass is 571 g/mol. The Bertz CT molecular complexity index is 1230. The van der Waals surface area contributed by atoms with Gasteiger partial charge in [0.05, 0.1) is 0 Å². The van der Waals surface area contributed by atoms with E-state index in [9.17, 15) is 4.39 Å². The van der Waals surface area contributed by atoms with Crippen molar-refractivity contribution in [1.29, 1.82) is 0 Å². The Morgan fingerprint density at radius 2 is 1.33 bits per heavy atom. The van der Waals surface area contributed by atoms with Gasteiger partial charge in [0.2, 0.25) is 0 Å². The van der Waals surface area contributed by atoms with E-state index in [2.05, 4.69) is 101 Å². The summed E-state index contributed by atoms with van der Waals surface area (Å²) in [4.78, 5) is 12.6. The van der Waals surface area contributed by atoms with Crippen molar-refractivity contribution in [3.8, 4) is 11.1 Å². The van der Waals surface area contributed by atoms with Crippen molar-refractivity contribution < 1.29 is 4.39 Å². The van der Waals surface area contributed by atoms with E-state index < -0.39 is 0 Å². The SMILES string of the molecule is CC(C)N1CCN(C(CN2CCN(CCCc3ccccc3-c3ccc(N(C)C)cc3)CC2)c2ccc(F)cc2)CC1. The van der Waals surface area contributed by atoms with Gasteiger partial charge in [-0.15, -0.1) is 0 Å². The Hall–Kier alpha value is -2.77. The zero-order valence-corrected chi connectivity index (χ0v) is 26.2. The quantitative estimate of drug-likeness (QED) is 0.285. The topological polar surface area (TPSA) is 16.2 Å². The minimum Gasteiger partial charge on any atom is -0.378 e. The van der Waals surface area contributed by atoms with Gasteiger partial charge < -0.3 is 9.80 Å². The van der Waals surface area contributed by atoms with Gasteiger partial charge in [0.25, 0.3) is 0 Å². The van der Waals surface area contributed by atoms with Crippen molar-refractivity contribution in [3.63, 3.8) is 0 Å². The lowest BCUT2D eigenvalue weighted by Crippen LogP contribution is -2.53. The molecule has 5 nitrogen and oxygen atoms in total. The average molecular weight is 572 g/mol. The fourth-order valence-corrected chi connectivity index (χ4v) is 6.57. The summed E-state index contributed by atoms with van der Waals surface area (Å²) in [6.45, 7) is 15.5. The molecule has 5 rings (SSSR count). The molecule has 0 N–H and O–H groups in total. The van der Waals surface area contributed by atoms with Crippen LogP contribution in [0.4, 0.5) is 10.1 Å². The highest BCUT2D eigenvalue weighted by Crippen LogP contribution is 2.28. The number of nitrogens with zero attached hydrogens (tertiary/aromatic N) is 5. The van der Waals surface area contributed by atoms with Crippen LogP contribution in [0.2, 0.25) is 0 Å². The van der Waals surface area contributed by atoms with Gasteiger partial charge in [-0.05, 0) is 79.8 Å². The first-order chi connectivity index (χ1) is 20.4. The van der Waals surface area contributed by atoms with Gasteiger partial charge in [0.1, 0.15) is 5.82 Å². The number of piperazine rings is 2. The molecule has 2 aliphatic heterocycles. The minimum atomic E-state index is -0.152. The molecule has 2 fully saturated rings. The van der Waals surface area contributed by atoms with Crippen LogP contribution in [0.3, 0.4) is 0 Å². The summed E-state index contributed by atoms with van der Waals surface area (Å²) in [5, 5.41) is 0. The number of benzene rings is 3. The molecule has 1 atom stereocenters. The smallest absolute Gasteiger partial charge is 0.123 e. The molecule has 0 radical (unpaired) electrons. The van der Waals surface area contributed by atoms with Crippen LogP contribution >= 0.6 is 0 Å². The fraction of sp³-hybridized carbons (Fsp3) is 0.500. The molecule has 0 amide bonds. The summed E-state index contributed by atoms with van der Waals surface area (Å²) in [6.07, 6.45) is 2.27. The first-order valence-electron chi connectivity index (χ1n) is 15.9. The lowest BCUT2D eigenvalue weighted by atomic mass is 9.96. The van der Waals surface area contributed by atoms with E-state index in [0.717, 1.165) is 71.9 Å². The lowest BCUT2D eigenvalue weighted by Gasteiger charge is -2.43. The molecule has 3 aromatic carbocycles. The largest absolute Gasteiger partial charge is 0.378 e. The average Bonchev–Trinajstić information content (AvgIpc) is 3.01. The molecule has 3 aromatic rings. The van der Waals surface area contributed by atoms with Gasteiger partial charge in [-0.25, -0.2) is 4.39 Å². The van der Waals surface area contributed by atoms with Crippen molar-refractivity contribution in [1.82, 2.24) is 19.6 Å². The highest BCUT2D eigenvalue weighted by atomic mass is 19.1. The van der Waals surface area contributed by atoms with Crippen LogP contribution < -0.4 is 4.90 Å².